The number of nitrogens with zero attached hydrogens (tertiary/aromatic N) is 3. The molecule has 9 heteroatoms. The molecule has 0 saturated carbocycles. The third kappa shape index (κ3) is 5.25. The Morgan fingerprint density at radius 1 is 1.10 bits per heavy atom. The van der Waals surface area contributed by atoms with E-state index in [9.17, 15) is 13.2 Å². The van der Waals surface area contributed by atoms with E-state index < -0.39 is 15.9 Å². The molecule has 3 aromatic rings. The largest absolute Gasteiger partial charge is 0.455 e. The molecule has 0 aliphatic heterocycles. The Hall–Kier alpha value is -3.30. The molecule has 0 spiro atoms. The quantitative estimate of drug-likeness (QED) is 0.571. The molecule has 0 bridgehead atoms. The summed E-state index contributed by atoms with van der Waals surface area (Å²) in [6.45, 7) is 6.15. The molecule has 2 aromatic carbocycles. The summed E-state index contributed by atoms with van der Waals surface area (Å²) < 4.78 is 33.2. The minimum atomic E-state index is -3.72. The van der Waals surface area contributed by atoms with E-state index in [0.29, 0.717) is 24.6 Å². The lowest BCUT2D eigenvalue weighted by atomic mass is 10.2. The van der Waals surface area contributed by atoms with Crippen LogP contribution in [0.15, 0.2) is 66.0 Å². The zero-order valence-electron chi connectivity index (χ0n) is 17.6. The van der Waals surface area contributed by atoms with Gasteiger partial charge in [0.1, 0.15) is 11.4 Å². The van der Waals surface area contributed by atoms with Crippen LogP contribution in [0.3, 0.4) is 0 Å². The molecule has 0 fully saturated rings. The minimum Gasteiger partial charge on any atom is -0.455 e. The number of sulfonamides is 1. The van der Waals surface area contributed by atoms with Crippen molar-refractivity contribution in [1.29, 1.82) is 0 Å². The summed E-state index contributed by atoms with van der Waals surface area (Å²) in [5.74, 6) is 0.343. The number of carbonyl (C=O) groups is 1. The predicted octanol–water partition coefficient (Wildman–Crippen LogP) is 3.86. The SMILES string of the molecule is CCN(CC)S(=O)(=O)c1ccc(Oc2cccc(C)c2)c(NC(=O)c2cnccn2)c1. The molecule has 0 atom stereocenters. The fourth-order valence-corrected chi connectivity index (χ4v) is 4.46. The van der Waals surface area contributed by atoms with Crippen molar-refractivity contribution in [3.05, 3.63) is 72.3 Å². The van der Waals surface area contributed by atoms with Crippen LogP contribution < -0.4 is 10.1 Å². The summed E-state index contributed by atoms with van der Waals surface area (Å²) in [6, 6.07) is 11.8. The Bertz CT molecular complexity index is 1160. The predicted molar refractivity (Wildman–Crippen MR) is 118 cm³/mol. The van der Waals surface area contributed by atoms with E-state index in [1.165, 1.54) is 41.1 Å². The number of anilines is 1. The summed E-state index contributed by atoms with van der Waals surface area (Å²) in [6.07, 6.45) is 4.19. The van der Waals surface area contributed by atoms with Crippen LogP contribution in [-0.4, -0.2) is 41.7 Å². The standard InChI is InChI=1S/C22H24N4O4S/c1-4-26(5-2)31(28,29)18-9-10-21(30-17-8-6-7-16(3)13-17)19(14-18)25-22(27)20-15-23-11-12-24-20/h6-15H,4-5H2,1-3H3,(H,25,27). The molecule has 0 radical (unpaired) electrons. The maximum Gasteiger partial charge on any atom is 0.275 e. The molecule has 1 heterocycles. The lowest BCUT2D eigenvalue weighted by Crippen LogP contribution is -2.30. The average Bonchev–Trinajstić information content (AvgIpc) is 2.76. The second kappa shape index (κ2) is 9.67. The van der Waals surface area contributed by atoms with Crippen LogP contribution in [0.5, 0.6) is 11.5 Å². The van der Waals surface area contributed by atoms with Crippen molar-refractivity contribution < 1.29 is 17.9 Å². The van der Waals surface area contributed by atoms with Gasteiger partial charge >= 0.3 is 0 Å². The first-order valence-electron chi connectivity index (χ1n) is 9.81. The van der Waals surface area contributed by atoms with Crippen molar-refractivity contribution in [2.45, 2.75) is 25.7 Å². The van der Waals surface area contributed by atoms with Crippen LogP contribution in [0.1, 0.15) is 29.9 Å². The van der Waals surface area contributed by atoms with Gasteiger partial charge in [0.15, 0.2) is 5.75 Å². The highest BCUT2D eigenvalue weighted by molar-refractivity contribution is 7.89. The molecule has 0 aliphatic carbocycles. The zero-order chi connectivity index (χ0) is 22.4. The van der Waals surface area contributed by atoms with Gasteiger partial charge in [-0.1, -0.05) is 26.0 Å². The van der Waals surface area contributed by atoms with Gasteiger partial charge in [0.05, 0.1) is 16.8 Å². The maximum atomic E-state index is 13.0. The Morgan fingerprint density at radius 3 is 2.52 bits per heavy atom. The molecule has 3 rings (SSSR count). The average molecular weight is 441 g/mol. The number of carbonyl (C=O) groups excluding carboxylic acids is 1. The maximum absolute atomic E-state index is 13.0. The van der Waals surface area contributed by atoms with Gasteiger partial charge in [-0.3, -0.25) is 9.78 Å². The topological polar surface area (TPSA) is 101 Å². The van der Waals surface area contributed by atoms with Crippen molar-refractivity contribution in [2.75, 3.05) is 18.4 Å². The summed E-state index contributed by atoms with van der Waals surface area (Å²) in [4.78, 5) is 20.6. The number of aromatic nitrogens is 2. The number of hydrogen-bond acceptors (Lipinski definition) is 6. The Balaban J connectivity index is 2.02. The highest BCUT2D eigenvalue weighted by atomic mass is 32.2. The van der Waals surface area contributed by atoms with Crippen LogP contribution in [0.25, 0.3) is 0 Å². The fourth-order valence-electron chi connectivity index (χ4n) is 2.98. The van der Waals surface area contributed by atoms with E-state index in [4.69, 9.17) is 4.74 Å². The summed E-state index contributed by atoms with van der Waals surface area (Å²) in [7, 11) is -3.72. The van der Waals surface area contributed by atoms with Gasteiger partial charge in [-0.05, 0) is 42.8 Å². The smallest absolute Gasteiger partial charge is 0.275 e. The van der Waals surface area contributed by atoms with Crippen LogP contribution >= 0.6 is 0 Å². The van der Waals surface area contributed by atoms with E-state index in [1.807, 2.05) is 25.1 Å². The number of rotatable bonds is 8. The van der Waals surface area contributed by atoms with Crippen LogP contribution in [-0.2, 0) is 10.0 Å². The number of nitrogens with one attached hydrogen (secondary N) is 1. The summed E-state index contributed by atoms with van der Waals surface area (Å²) >= 11 is 0. The number of ether oxygens (including phenoxy) is 1. The molecule has 1 amide bonds. The molecular weight excluding hydrogens is 416 g/mol. The molecule has 1 aromatic heterocycles. The highest BCUT2D eigenvalue weighted by Crippen LogP contribution is 2.33. The van der Waals surface area contributed by atoms with Gasteiger partial charge in [-0.2, -0.15) is 4.31 Å². The number of hydrogen-bond donors (Lipinski definition) is 1. The van der Waals surface area contributed by atoms with Gasteiger partial charge in [0.2, 0.25) is 10.0 Å². The first-order valence-corrected chi connectivity index (χ1v) is 11.2. The van der Waals surface area contributed by atoms with E-state index in [0.717, 1.165) is 5.56 Å². The van der Waals surface area contributed by atoms with Crippen molar-refractivity contribution in [3.63, 3.8) is 0 Å². The monoisotopic (exact) mass is 440 g/mol. The van der Waals surface area contributed by atoms with E-state index >= 15 is 0 Å². The second-order valence-electron chi connectivity index (χ2n) is 6.71. The van der Waals surface area contributed by atoms with E-state index in [-0.39, 0.29) is 16.3 Å². The normalized spacial score (nSPS) is 11.4. The van der Waals surface area contributed by atoms with Crippen molar-refractivity contribution in [3.8, 4) is 11.5 Å². The molecular formula is C22H24N4O4S. The van der Waals surface area contributed by atoms with Gasteiger partial charge in [-0.15, -0.1) is 0 Å². The van der Waals surface area contributed by atoms with E-state index in [1.54, 1.807) is 19.9 Å². The molecule has 0 unspecified atom stereocenters. The third-order valence-corrected chi connectivity index (χ3v) is 6.60. The lowest BCUT2D eigenvalue weighted by Gasteiger charge is -2.20. The first-order chi connectivity index (χ1) is 14.8. The zero-order valence-corrected chi connectivity index (χ0v) is 18.4. The van der Waals surface area contributed by atoms with Crippen molar-refractivity contribution in [2.24, 2.45) is 0 Å². The van der Waals surface area contributed by atoms with Gasteiger partial charge < -0.3 is 10.1 Å². The van der Waals surface area contributed by atoms with Crippen LogP contribution in [0, 0.1) is 6.92 Å². The van der Waals surface area contributed by atoms with Crippen molar-refractivity contribution in [1.82, 2.24) is 14.3 Å². The fraction of sp³-hybridized carbons (Fsp3) is 0.227. The Kier molecular flexibility index (Phi) is 6.98. The van der Waals surface area contributed by atoms with E-state index in [2.05, 4.69) is 15.3 Å². The molecule has 8 nitrogen and oxygen atoms in total. The molecule has 162 valence electrons. The second-order valence-corrected chi connectivity index (χ2v) is 8.65. The third-order valence-electron chi connectivity index (χ3n) is 4.56. The highest BCUT2D eigenvalue weighted by Gasteiger charge is 2.24. The first kappa shape index (κ1) is 22.4. The Morgan fingerprint density at radius 2 is 1.87 bits per heavy atom. The molecule has 0 aliphatic rings. The van der Waals surface area contributed by atoms with Gasteiger partial charge in [0, 0.05) is 25.5 Å². The molecule has 1 N–H and O–H groups in total. The summed E-state index contributed by atoms with van der Waals surface area (Å²) in [5, 5.41) is 2.70. The Labute approximate surface area is 182 Å². The lowest BCUT2D eigenvalue weighted by molar-refractivity contribution is 0.102. The van der Waals surface area contributed by atoms with Crippen LogP contribution in [0.4, 0.5) is 5.69 Å². The number of aryl methyl sites for hydroxylation is 1. The van der Waals surface area contributed by atoms with Crippen LogP contribution in [0.2, 0.25) is 0 Å². The van der Waals surface area contributed by atoms with Crippen molar-refractivity contribution >= 4 is 21.6 Å². The van der Waals surface area contributed by atoms with Gasteiger partial charge in [0.25, 0.3) is 5.91 Å². The molecule has 31 heavy (non-hydrogen) atoms. The number of benzene rings is 2. The minimum absolute atomic E-state index is 0.0576. The van der Waals surface area contributed by atoms with Gasteiger partial charge in [-0.25, -0.2) is 13.4 Å². The molecule has 0 saturated heterocycles. The summed E-state index contributed by atoms with van der Waals surface area (Å²) in [5.41, 5.74) is 1.31. The number of amides is 1.